The fourth-order valence-electron chi connectivity index (χ4n) is 3.32. The Balaban J connectivity index is 1.87. The summed E-state index contributed by atoms with van der Waals surface area (Å²) in [5.41, 5.74) is 3.20. The molecule has 1 atom stereocenters. The van der Waals surface area contributed by atoms with E-state index in [-0.39, 0.29) is 12.1 Å². The smallest absolute Gasteiger partial charge is 0.410 e. The Hall–Kier alpha value is -1.31. The molecular formula is C18H24IN3O2. The van der Waals surface area contributed by atoms with E-state index in [2.05, 4.69) is 53.3 Å². The molecule has 1 aliphatic heterocycles. The molecule has 1 aromatic carbocycles. The molecule has 3 rings (SSSR count). The average Bonchev–Trinajstić information content (AvgIpc) is 3.02. The Morgan fingerprint density at radius 3 is 2.71 bits per heavy atom. The van der Waals surface area contributed by atoms with Gasteiger partial charge in [0.05, 0.1) is 11.6 Å². The summed E-state index contributed by atoms with van der Waals surface area (Å²) in [5, 5.41) is 5.96. The topological polar surface area (TPSA) is 47.4 Å². The number of nitrogens with zero attached hydrogens (tertiary/aromatic N) is 3. The third-order valence-electron chi connectivity index (χ3n) is 4.25. The van der Waals surface area contributed by atoms with Crippen LogP contribution in [0, 0.1) is 17.5 Å². The molecule has 130 valence electrons. The van der Waals surface area contributed by atoms with Crippen molar-refractivity contribution in [1.29, 1.82) is 0 Å². The summed E-state index contributed by atoms with van der Waals surface area (Å²) in [5.74, 6) is 0. The lowest BCUT2D eigenvalue weighted by Gasteiger charge is -2.24. The highest BCUT2D eigenvalue weighted by atomic mass is 127. The maximum absolute atomic E-state index is 12.3. The lowest BCUT2D eigenvalue weighted by atomic mass is 10.1. The predicted molar refractivity (Wildman–Crippen MR) is 103 cm³/mol. The number of aromatic nitrogens is 2. The minimum atomic E-state index is -0.461. The van der Waals surface area contributed by atoms with Crippen molar-refractivity contribution in [2.75, 3.05) is 13.1 Å². The first-order chi connectivity index (χ1) is 11.2. The van der Waals surface area contributed by atoms with Gasteiger partial charge in [0, 0.05) is 18.5 Å². The monoisotopic (exact) mass is 441 g/mol. The molecule has 24 heavy (non-hydrogen) atoms. The third kappa shape index (κ3) is 3.38. The highest BCUT2D eigenvalue weighted by Gasteiger charge is 2.32. The fourth-order valence-corrected chi connectivity index (χ4v) is 3.96. The van der Waals surface area contributed by atoms with E-state index in [1.807, 2.05) is 20.8 Å². The number of hydrogen-bond acceptors (Lipinski definition) is 3. The van der Waals surface area contributed by atoms with E-state index in [0.717, 1.165) is 10.1 Å². The quantitative estimate of drug-likeness (QED) is 0.615. The molecule has 0 N–H and O–H groups in total. The van der Waals surface area contributed by atoms with Gasteiger partial charge in [-0.15, -0.1) is 0 Å². The van der Waals surface area contributed by atoms with Gasteiger partial charge in [-0.3, -0.25) is 4.68 Å². The molecule has 0 bridgehead atoms. The minimum Gasteiger partial charge on any atom is -0.444 e. The standard InChI is InChI=1S/C18H24IN3O2/c1-11-8-12(2)15-14(9-11)16(19)20-22(15)13-6-7-21(10-13)17(23)24-18(3,4)5/h8-9,13H,6-7,10H2,1-5H3/t13-/m1/s1. The number of halogens is 1. The van der Waals surface area contributed by atoms with Gasteiger partial charge in [-0.1, -0.05) is 11.6 Å². The van der Waals surface area contributed by atoms with Gasteiger partial charge in [0.1, 0.15) is 9.30 Å². The zero-order chi connectivity index (χ0) is 17.6. The number of benzene rings is 1. The molecule has 0 aliphatic carbocycles. The summed E-state index contributed by atoms with van der Waals surface area (Å²) in [7, 11) is 0. The second-order valence-electron chi connectivity index (χ2n) is 7.58. The fraction of sp³-hybridized carbons (Fsp3) is 0.556. The zero-order valence-electron chi connectivity index (χ0n) is 14.9. The van der Waals surface area contributed by atoms with Crippen LogP contribution in [-0.4, -0.2) is 39.5 Å². The van der Waals surface area contributed by atoms with Crippen LogP contribution in [-0.2, 0) is 4.74 Å². The van der Waals surface area contributed by atoms with Crippen LogP contribution in [0.15, 0.2) is 12.1 Å². The second-order valence-corrected chi connectivity index (χ2v) is 8.60. The minimum absolute atomic E-state index is 0.199. The lowest BCUT2D eigenvalue weighted by molar-refractivity contribution is 0.0288. The van der Waals surface area contributed by atoms with Crippen LogP contribution in [0.3, 0.4) is 0 Å². The summed E-state index contributed by atoms with van der Waals surface area (Å²) >= 11 is 2.30. The van der Waals surface area contributed by atoms with Crippen LogP contribution in [0.5, 0.6) is 0 Å². The summed E-state index contributed by atoms with van der Waals surface area (Å²) in [6, 6.07) is 4.58. The van der Waals surface area contributed by atoms with Crippen molar-refractivity contribution in [1.82, 2.24) is 14.7 Å². The van der Waals surface area contributed by atoms with Gasteiger partial charge in [0.25, 0.3) is 0 Å². The molecule has 0 saturated carbocycles. The number of carbonyl (C=O) groups excluding carboxylic acids is 1. The Kier molecular flexibility index (Phi) is 4.53. The number of fused-ring (bicyclic) bond motifs is 1. The molecule has 5 nitrogen and oxygen atoms in total. The number of likely N-dealkylation sites (tertiary alicyclic amines) is 1. The number of aryl methyl sites for hydroxylation is 2. The van der Waals surface area contributed by atoms with Gasteiger partial charge < -0.3 is 9.64 Å². The number of ether oxygens (including phenoxy) is 1. The first-order valence-electron chi connectivity index (χ1n) is 8.28. The van der Waals surface area contributed by atoms with Crippen molar-refractivity contribution < 1.29 is 9.53 Å². The first kappa shape index (κ1) is 17.5. The van der Waals surface area contributed by atoms with Gasteiger partial charge in [0.2, 0.25) is 0 Å². The normalized spacial score (nSPS) is 18.4. The van der Waals surface area contributed by atoms with Crippen molar-refractivity contribution in [2.24, 2.45) is 0 Å². The lowest BCUT2D eigenvalue weighted by Crippen LogP contribution is -2.35. The van der Waals surface area contributed by atoms with E-state index in [1.54, 1.807) is 4.90 Å². The van der Waals surface area contributed by atoms with Gasteiger partial charge >= 0.3 is 6.09 Å². The van der Waals surface area contributed by atoms with E-state index in [0.29, 0.717) is 13.1 Å². The highest BCUT2D eigenvalue weighted by molar-refractivity contribution is 14.1. The van der Waals surface area contributed by atoms with Crippen LogP contribution in [0.25, 0.3) is 10.9 Å². The summed E-state index contributed by atoms with van der Waals surface area (Å²) < 4.78 is 8.62. The molecule has 2 aromatic rings. The van der Waals surface area contributed by atoms with Crippen LogP contribution in [0.4, 0.5) is 4.79 Å². The van der Waals surface area contributed by atoms with E-state index in [4.69, 9.17) is 9.84 Å². The molecule has 1 fully saturated rings. The maximum Gasteiger partial charge on any atom is 0.410 e. The predicted octanol–water partition coefficient (Wildman–Crippen LogP) is 4.44. The average molecular weight is 441 g/mol. The van der Waals surface area contributed by atoms with Gasteiger partial charge in [-0.25, -0.2) is 4.79 Å². The molecule has 1 aliphatic rings. The van der Waals surface area contributed by atoms with E-state index < -0.39 is 5.60 Å². The van der Waals surface area contributed by atoms with Crippen molar-refractivity contribution in [3.8, 4) is 0 Å². The van der Waals surface area contributed by atoms with Crippen molar-refractivity contribution in [3.05, 3.63) is 27.0 Å². The van der Waals surface area contributed by atoms with Crippen molar-refractivity contribution >= 4 is 39.6 Å². The first-order valence-corrected chi connectivity index (χ1v) is 9.36. The molecule has 1 aromatic heterocycles. The number of rotatable bonds is 1. The van der Waals surface area contributed by atoms with Crippen LogP contribution in [0.1, 0.15) is 44.4 Å². The largest absolute Gasteiger partial charge is 0.444 e. The van der Waals surface area contributed by atoms with Crippen LogP contribution in [0.2, 0.25) is 0 Å². The van der Waals surface area contributed by atoms with Gasteiger partial charge in [-0.2, -0.15) is 5.10 Å². The Morgan fingerprint density at radius 1 is 1.33 bits per heavy atom. The molecule has 2 heterocycles. The number of amides is 1. The number of carbonyl (C=O) groups is 1. The highest BCUT2D eigenvalue weighted by Crippen LogP contribution is 2.31. The van der Waals surface area contributed by atoms with E-state index in [1.165, 1.54) is 22.0 Å². The third-order valence-corrected chi connectivity index (χ3v) is 5.05. The molecule has 1 amide bonds. The van der Waals surface area contributed by atoms with Gasteiger partial charge in [0.15, 0.2) is 0 Å². The molecule has 0 unspecified atom stereocenters. The summed E-state index contributed by atoms with van der Waals surface area (Å²) in [6.07, 6.45) is 0.670. The van der Waals surface area contributed by atoms with Gasteiger partial charge in [-0.05, 0) is 75.3 Å². The summed E-state index contributed by atoms with van der Waals surface area (Å²) in [4.78, 5) is 14.1. The van der Waals surface area contributed by atoms with Crippen LogP contribution < -0.4 is 0 Å². The molecular weight excluding hydrogens is 417 g/mol. The maximum atomic E-state index is 12.3. The molecule has 0 spiro atoms. The van der Waals surface area contributed by atoms with Crippen molar-refractivity contribution in [3.63, 3.8) is 0 Å². The Bertz CT molecular complexity index is 792. The van der Waals surface area contributed by atoms with Crippen LogP contribution >= 0.6 is 22.6 Å². The van der Waals surface area contributed by atoms with Crippen molar-refractivity contribution in [2.45, 2.75) is 52.7 Å². The zero-order valence-corrected chi connectivity index (χ0v) is 17.0. The van der Waals surface area contributed by atoms with E-state index >= 15 is 0 Å². The Morgan fingerprint density at radius 2 is 2.04 bits per heavy atom. The van der Waals surface area contributed by atoms with E-state index in [9.17, 15) is 4.79 Å². The number of hydrogen-bond donors (Lipinski definition) is 0. The summed E-state index contributed by atoms with van der Waals surface area (Å²) in [6.45, 7) is 11.3. The second kappa shape index (κ2) is 6.20. The molecule has 6 heteroatoms. The molecule has 0 radical (unpaired) electrons. The molecule has 1 saturated heterocycles. The Labute approximate surface area is 156 Å². The SMILES string of the molecule is Cc1cc(C)c2c(c1)c(I)nn2[C@@H]1CCN(C(=O)OC(C)(C)C)C1.